The van der Waals surface area contributed by atoms with Crippen LogP contribution < -0.4 is 10.5 Å². The van der Waals surface area contributed by atoms with E-state index >= 15 is 0 Å². The van der Waals surface area contributed by atoms with E-state index in [1.807, 2.05) is 0 Å². The van der Waals surface area contributed by atoms with E-state index in [2.05, 4.69) is 11.8 Å². The van der Waals surface area contributed by atoms with Crippen LogP contribution in [0.25, 0.3) is 10.9 Å². The molecule has 28 heavy (non-hydrogen) atoms. The van der Waals surface area contributed by atoms with Gasteiger partial charge in [-0.3, -0.25) is 0 Å². The molecule has 6 nitrogen and oxygen atoms in total. The van der Waals surface area contributed by atoms with Gasteiger partial charge in [-0.15, -0.1) is 0 Å². The van der Waals surface area contributed by atoms with Crippen molar-refractivity contribution in [1.29, 1.82) is 5.26 Å². The van der Waals surface area contributed by atoms with Crippen molar-refractivity contribution in [2.45, 2.75) is 30.6 Å². The number of hydrogen-bond donors (Lipinski definition) is 1. The summed E-state index contributed by atoms with van der Waals surface area (Å²) in [4.78, 5) is 0.327. The molecule has 3 aromatic rings. The number of rotatable bonds is 3. The molecule has 2 aromatic carbocycles. The van der Waals surface area contributed by atoms with E-state index in [1.54, 1.807) is 49.7 Å². The van der Waals surface area contributed by atoms with Gasteiger partial charge in [0.25, 0.3) is 10.0 Å². The monoisotopic (exact) mass is 397 g/mol. The molecule has 7 heteroatoms. The highest BCUT2D eigenvalue weighted by Gasteiger charge is 2.27. The highest BCUT2D eigenvalue weighted by atomic mass is 32.2. The van der Waals surface area contributed by atoms with Crippen molar-refractivity contribution in [2.24, 2.45) is 5.73 Å². The van der Waals surface area contributed by atoms with Gasteiger partial charge >= 0.3 is 0 Å². The predicted molar refractivity (Wildman–Crippen MR) is 109 cm³/mol. The summed E-state index contributed by atoms with van der Waals surface area (Å²) >= 11 is 0. The molecule has 1 aliphatic carbocycles. The number of ether oxygens (including phenoxy) is 1. The fraction of sp³-hybridized carbons (Fsp3) is 0.286. The van der Waals surface area contributed by atoms with Crippen LogP contribution in [-0.2, 0) is 22.9 Å². The first kappa shape index (κ1) is 19.9. The second-order valence-corrected chi connectivity index (χ2v) is 8.22. The topological polar surface area (TPSA) is 98.1 Å². The summed E-state index contributed by atoms with van der Waals surface area (Å²) in [5.41, 5.74) is 7.30. The third-order valence-electron chi connectivity index (χ3n) is 4.99. The van der Waals surface area contributed by atoms with Gasteiger partial charge in [0.15, 0.2) is 0 Å². The zero-order valence-corrected chi connectivity index (χ0v) is 16.8. The minimum atomic E-state index is -3.76. The van der Waals surface area contributed by atoms with Crippen molar-refractivity contribution < 1.29 is 13.2 Å². The standard InChI is InChI=1S/C20H18N2O3S.CH5N/c1-25-19-8-9-20(17-5-3-2-4-16(17)19)26(23,24)22-11-10-15-7-6-14(13-21)12-18(15)22;1-2/h6-12H,2-5H2,1H3;2H2,1H3. The van der Waals surface area contributed by atoms with Crippen molar-refractivity contribution >= 4 is 20.9 Å². The van der Waals surface area contributed by atoms with Crippen LogP contribution in [0, 0.1) is 11.3 Å². The van der Waals surface area contributed by atoms with Gasteiger partial charge in [-0.1, -0.05) is 6.07 Å². The van der Waals surface area contributed by atoms with Crippen LogP contribution in [0.4, 0.5) is 0 Å². The van der Waals surface area contributed by atoms with Crippen LogP contribution in [0.2, 0.25) is 0 Å². The zero-order chi connectivity index (χ0) is 20.3. The second kappa shape index (κ2) is 8.05. The Morgan fingerprint density at radius 2 is 1.79 bits per heavy atom. The zero-order valence-electron chi connectivity index (χ0n) is 16.0. The molecule has 0 spiro atoms. The highest BCUT2D eigenvalue weighted by molar-refractivity contribution is 7.90. The maximum absolute atomic E-state index is 13.4. The third kappa shape index (κ3) is 3.26. The van der Waals surface area contributed by atoms with Gasteiger partial charge in [-0.05, 0) is 74.2 Å². The average Bonchev–Trinajstić information content (AvgIpc) is 3.18. The highest BCUT2D eigenvalue weighted by Crippen LogP contribution is 2.35. The average molecular weight is 398 g/mol. The molecule has 0 amide bonds. The largest absolute Gasteiger partial charge is 0.496 e. The van der Waals surface area contributed by atoms with Gasteiger partial charge in [0.1, 0.15) is 5.75 Å². The minimum absolute atomic E-state index is 0.327. The molecule has 1 heterocycles. The van der Waals surface area contributed by atoms with Gasteiger partial charge in [-0.25, -0.2) is 12.4 Å². The summed E-state index contributed by atoms with van der Waals surface area (Å²) in [6, 6.07) is 12.3. The summed E-state index contributed by atoms with van der Waals surface area (Å²) in [5.74, 6) is 0.753. The van der Waals surface area contributed by atoms with Crippen LogP contribution in [0.15, 0.2) is 47.5 Å². The van der Waals surface area contributed by atoms with Crippen molar-refractivity contribution in [1.82, 2.24) is 3.97 Å². The molecule has 0 saturated heterocycles. The lowest BCUT2D eigenvalue weighted by Gasteiger charge is -2.22. The fourth-order valence-corrected chi connectivity index (χ4v) is 5.35. The van der Waals surface area contributed by atoms with E-state index < -0.39 is 10.0 Å². The Balaban J connectivity index is 0.00000109. The number of hydrogen-bond acceptors (Lipinski definition) is 5. The fourth-order valence-electron chi connectivity index (χ4n) is 3.72. The molecular weight excluding hydrogens is 374 g/mol. The molecule has 0 unspecified atom stereocenters. The molecule has 0 saturated carbocycles. The minimum Gasteiger partial charge on any atom is -0.496 e. The second-order valence-electron chi connectivity index (χ2n) is 6.43. The Hall–Kier alpha value is -2.82. The Bertz CT molecular complexity index is 1160. The van der Waals surface area contributed by atoms with Crippen molar-refractivity contribution in [2.75, 3.05) is 14.2 Å². The SMILES string of the molecule is CN.COc1ccc(S(=O)(=O)n2ccc3ccc(C#N)cc32)c2c1CCCC2. The maximum Gasteiger partial charge on any atom is 0.268 e. The number of benzene rings is 2. The van der Waals surface area contributed by atoms with E-state index in [9.17, 15) is 8.42 Å². The third-order valence-corrected chi connectivity index (χ3v) is 6.77. The number of fused-ring (bicyclic) bond motifs is 2. The van der Waals surface area contributed by atoms with Crippen LogP contribution in [0.1, 0.15) is 29.5 Å². The normalized spacial score (nSPS) is 13.2. The smallest absolute Gasteiger partial charge is 0.268 e. The maximum atomic E-state index is 13.4. The molecule has 0 radical (unpaired) electrons. The van der Waals surface area contributed by atoms with Crippen LogP contribution in [-0.4, -0.2) is 26.5 Å². The summed E-state index contributed by atoms with van der Waals surface area (Å²) in [7, 11) is -0.650. The molecule has 0 atom stereocenters. The quantitative estimate of drug-likeness (QED) is 0.732. The van der Waals surface area contributed by atoms with E-state index in [0.29, 0.717) is 16.0 Å². The lowest BCUT2D eigenvalue weighted by atomic mass is 9.91. The van der Waals surface area contributed by atoms with E-state index in [-0.39, 0.29) is 0 Å². The predicted octanol–water partition coefficient (Wildman–Crippen LogP) is 3.21. The number of methoxy groups -OCH3 is 1. The number of nitrogens with zero attached hydrogens (tertiary/aromatic N) is 2. The lowest BCUT2D eigenvalue weighted by Crippen LogP contribution is -2.17. The molecule has 0 bridgehead atoms. The first-order valence-electron chi connectivity index (χ1n) is 9.09. The van der Waals surface area contributed by atoms with Gasteiger partial charge in [0.2, 0.25) is 0 Å². The van der Waals surface area contributed by atoms with Gasteiger partial charge in [0.05, 0.1) is 29.2 Å². The molecule has 1 aliphatic rings. The Morgan fingerprint density at radius 1 is 1.07 bits per heavy atom. The number of nitrogens with two attached hydrogens (primary N) is 1. The summed E-state index contributed by atoms with van der Waals surface area (Å²) < 4.78 is 33.6. The van der Waals surface area contributed by atoms with Gasteiger partial charge in [0, 0.05) is 11.6 Å². The van der Waals surface area contributed by atoms with Crippen LogP contribution >= 0.6 is 0 Å². The molecule has 4 rings (SSSR count). The van der Waals surface area contributed by atoms with Crippen LogP contribution in [0.5, 0.6) is 5.75 Å². The summed E-state index contributed by atoms with van der Waals surface area (Å²) in [6.07, 6.45) is 5.11. The molecule has 146 valence electrons. The molecule has 0 fully saturated rings. The lowest BCUT2D eigenvalue weighted by molar-refractivity contribution is 0.405. The molecule has 0 aliphatic heterocycles. The first-order valence-corrected chi connectivity index (χ1v) is 10.5. The van der Waals surface area contributed by atoms with E-state index in [4.69, 9.17) is 10.00 Å². The number of nitriles is 1. The van der Waals surface area contributed by atoms with Crippen molar-refractivity contribution in [3.05, 3.63) is 59.3 Å². The molecule has 2 N–H and O–H groups in total. The Kier molecular flexibility index (Phi) is 5.73. The summed E-state index contributed by atoms with van der Waals surface area (Å²) in [5, 5.41) is 9.93. The Labute approximate surface area is 165 Å². The van der Waals surface area contributed by atoms with Crippen molar-refractivity contribution in [3.8, 4) is 11.8 Å². The molecular formula is C21H23N3O3S. The summed E-state index contributed by atoms with van der Waals surface area (Å²) in [6.45, 7) is 0. The van der Waals surface area contributed by atoms with Gasteiger partial charge in [-0.2, -0.15) is 5.26 Å². The Morgan fingerprint density at radius 3 is 2.46 bits per heavy atom. The van der Waals surface area contributed by atoms with Crippen LogP contribution in [0.3, 0.4) is 0 Å². The van der Waals surface area contributed by atoms with E-state index in [1.165, 1.54) is 11.0 Å². The van der Waals surface area contributed by atoms with Gasteiger partial charge < -0.3 is 10.5 Å². The first-order chi connectivity index (χ1) is 13.6. The van der Waals surface area contributed by atoms with E-state index in [0.717, 1.165) is 47.9 Å². The number of aromatic nitrogens is 1. The van der Waals surface area contributed by atoms with Crippen molar-refractivity contribution in [3.63, 3.8) is 0 Å². The molecule has 1 aromatic heterocycles.